The van der Waals surface area contributed by atoms with Crippen LogP contribution >= 0.6 is 0 Å². The van der Waals surface area contributed by atoms with Crippen LogP contribution in [0.5, 0.6) is 0 Å². The average molecular weight is 198 g/mol. The third-order valence-corrected chi connectivity index (χ3v) is 3.38. The molecule has 14 heavy (non-hydrogen) atoms. The average Bonchev–Trinajstić information content (AvgIpc) is 2.40. The highest BCUT2D eigenvalue weighted by Gasteiger charge is 2.45. The summed E-state index contributed by atoms with van der Waals surface area (Å²) in [6, 6.07) is 0. The fourth-order valence-electron chi connectivity index (χ4n) is 2.60. The van der Waals surface area contributed by atoms with Crippen LogP contribution in [0, 0.1) is 0 Å². The molecule has 0 bridgehead atoms. The van der Waals surface area contributed by atoms with Gasteiger partial charge in [-0.2, -0.15) is 0 Å². The van der Waals surface area contributed by atoms with Crippen LogP contribution in [0.15, 0.2) is 0 Å². The highest BCUT2D eigenvalue weighted by atomic mass is 16.4. The van der Waals surface area contributed by atoms with E-state index in [1.54, 1.807) is 0 Å². The molecule has 0 aromatic rings. The summed E-state index contributed by atoms with van der Waals surface area (Å²) in [6.45, 7) is 2.70. The summed E-state index contributed by atoms with van der Waals surface area (Å²) in [6.07, 6.45) is 5.14. The third kappa shape index (κ3) is 1.53. The predicted molar refractivity (Wildman–Crippen MR) is 53.0 cm³/mol. The lowest BCUT2D eigenvalue weighted by Gasteiger charge is -2.43. The Kier molecular flexibility index (Phi) is 2.74. The van der Waals surface area contributed by atoms with Gasteiger partial charge in [-0.3, -0.25) is 10.2 Å². The fourth-order valence-corrected chi connectivity index (χ4v) is 2.60. The molecule has 0 saturated carbocycles. The van der Waals surface area contributed by atoms with Crippen molar-refractivity contribution >= 4 is 5.97 Å². The van der Waals surface area contributed by atoms with Crippen LogP contribution in [0.1, 0.15) is 32.1 Å². The Morgan fingerprint density at radius 2 is 2.00 bits per heavy atom. The molecule has 0 aromatic carbocycles. The van der Waals surface area contributed by atoms with Gasteiger partial charge in [0.05, 0.1) is 0 Å². The zero-order valence-electron chi connectivity index (χ0n) is 8.46. The number of hydrogen-bond donors (Lipinski definition) is 2. The SMILES string of the molecule is O=C(O)C12CCCCCN1CCCN2. The summed E-state index contributed by atoms with van der Waals surface area (Å²) < 4.78 is 0. The first kappa shape index (κ1) is 9.93. The summed E-state index contributed by atoms with van der Waals surface area (Å²) in [5.41, 5.74) is -0.741. The number of carbonyl (C=O) groups is 1. The Balaban J connectivity index is 2.22. The monoisotopic (exact) mass is 198 g/mol. The maximum atomic E-state index is 11.4. The van der Waals surface area contributed by atoms with E-state index in [4.69, 9.17) is 0 Å². The fraction of sp³-hybridized carbons (Fsp3) is 0.900. The van der Waals surface area contributed by atoms with Gasteiger partial charge in [-0.05, 0) is 32.2 Å². The van der Waals surface area contributed by atoms with Crippen LogP contribution in [0.25, 0.3) is 0 Å². The number of fused-ring (bicyclic) bond motifs is 1. The number of aliphatic carboxylic acids is 1. The zero-order valence-corrected chi connectivity index (χ0v) is 8.46. The Hall–Kier alpha value is -0.610. The zero-order chi connectivity index (χ0) is 10.0. The van der Waals surface area contributed by atoms with Crippen molar-refractivity contribution in [2.75, 3.05) is 19.6 Å². The minimum atomic E-state index is -0.741. The first-order valence-corrected chi connectivity index (χ1v) is 5.49. The summed E-state index contributed by atoms with van der Waals surface area (Å²) in [5, 5.41) is 12.5. The summed E-state index contributed by atoms with van der Waals surface area (Å²) in [5.74, 6) is -0.695. The molecule has 80 valence electrons. The maximum absolute atomic E-state index is 11.4. The van der Waals surface area contributed by atoms with Gasteiger partial charge < -0.3 is 5.11 Å². The van der Waals surface area contributed by atoms with E-state index < -0.39 is 11.6 Å². The lowest BCUT2D eigenvalue weighted by Crippen LogP contribution is -2.67. The number of hydrogen-bond acceptors (Lipinski definition) is 3. The Bertz CT molecular complexity index is 232. The van der Waals surface area contributed by atoms with E-state index in [1.807, 2.05) is 0 Å². The lowest BCUT2D eigenvalue weighted by atomic mass is 9.99. The molecule has 0 aromatic heterocycles. The molecule has 0 amide bonds. The summed E-state index contributed by atoms with van der Waals surface area (Å²) in [7, 11) is 0. The summed E-state index contributed by atoms with van der Waals surface area (Å²) >= 11 is 0. The van der Waals surface area contributed by atoms with Gasteiger partial charge in [0.15, 0.2) is 5.66 Å². The Morgan fingerprint density at radius 1 is 1.21 bits per heavy atom. The van der Waals surface area contributed by atoms with Crippen LogP contribution < -0.4 is 5.32 Å². The van der Waals surface area contributed by atoms with Crippen molar-refractivity contribution in [2.45, 2.75) is 37.8 Å². The predicted octanol–water partition coefficient (Wildman–Crippen LogP) is 0.637. The third-order valence-electron chi connectivity index (χ3n) is 3.38. The van der Waals surface area contributed by atoms with E-state index in [9.17, 15) is 9.90 Å². The van der Waals surface area contributed by atoms with Crippen LogP contribution in [0.4, 0.5) is 0 Å². The van der Waals surface area contributed by atoms with E-state index in [0.717, 1.165) is 51.7 Å². The molecule has 1 atom stereocenters. The molecule has 2 aliphatic rings. The molecule has 2 rings (SSSR count). The van der Waals surface area contributed by atoms with Gasteiger partial charge in [0.1, 0.15) is 0 Å². The first-order valence-electron chi connectivity index (χ1n) is 5.49. The summed E-state index contributed by atoms with van der Waals surface area (Å²) in [4.78, 5) is 13.5. The minimum absolute atomic E-state index is 0.695. The van der Waals surface area contributed by atoms with E-state index >= 15 is 0 Å². The van der Waals surface area contributed by atoms with Crippen LogP contribution in [-0.2, 0) is 4.79 Å². The molecule has 4 nitrogen and oxygen atoms in total. The molecule has 2 fully saturated rings. The quantitative estimate of drug-likeness (QED) is 0.649. The molecule has 2 saturated heterocycles. The highest BCUT2D eigenvalue weighted by Crippen LogP contribution is 2.27. The second kappa shape index (κ2) is 3.87. The van der Waals surface area contributed by atoms with E-state index in [1.165, 1.54) is 0 Å². The minimum Gasteiger partial charge on any atom is -0.479 e. The van der Waals surface area contributed by atoms with Gasteiger partial charge in [0.25, 0.3) is 0 Å². The normalized spacial score (nSPS) is 34.6. The second-order valence-electron chi connectivity index (χ2n) is 4.24. The van der Waals surface area contributed by atoms with E-state index in [2.05, 4.69) is 10.2 Å². The van der Waals surface area contributed by atoms with Crippen molar-refractivity contribution in [1.82, 2.24) is 10.2 Å². The van der Waals surface area contributed by atoms with Crippen molar-refractivity contribution in [3.8, 4) is 0 Å². The van der Waals surface area contributed by atoms with Gasteiger partial charge in [0.2, 0.25) is 0 Å². The van der Waals surface area contributed by atoms with Crippen molar-refractivity contribution in [3.05, 3.63) is 0 Å². The smallest absolute Gasteiger partial charge is 0.339 e. The largest absolute Gasteiger partial charge is 0.479 e. The van der Waals surface area contributed by atoms with E-state index in [0.29, 0.717) is 0 Å². The van der Waals surface area contributed by atoms with Gasteiger partial charge in [0, 0.05) is 13.1 Å². The molecule has 0 spiro atoms. The number of rotatable bonds is 1. The lowest BCUT2D eigenvalue weighted by molar-refractivity contribution is -0.156. The molecule has 0 radical (unpaired) electrons. The molecule has 2 heterocycles. The molecule has 4 heteroatoms. The molecule has 0 aliphatic carbocycles. The molecule has 2 N–H and O–H groups in total. The van der Waals surface area contributed by atoms with E-state index in [-0.39, 0.29) is 0 Å². The van der Waals surface area contributed by atoms with Gasteiger partial charge in [-0.15, -0.1) is 0 Å². The van der Waals surface area contributed by atoms with Crippen molar-refractivity contribution < 1.29 is 9.90 Å². The van der Waals surface area contributed by atoms with Gasteiger partial charge in [-0.25, -0.2) is 4.79 Å². The van der Waals surface area contributed by atoms with Crippen LogP contribution in [0.2, 0.25) is 0 Å². The van der Waals surface area contributed by atoms with Crippen LogP contribution in [0.3, 0.4) is 0 Å². The topological polar surface area (TPSA) is 52.6 Å². The van der Waals surface area contributed by atoms with Crippen molar-refractivity contribution in [2.24, 2.45) is 0 Å². The van der Waals surface area contributed by atoms with Gasteiger partial charge in [-0.1, -0.05) is 6.42 Å². The standard InChI is InChI=1S/C10H18N2O2/c13-9(14)10-5-2-1-3-7-12(10)8-4-6-11-10/h11H,1-8H2,(H,13,14). The Labute approximate surface area is 84.3 Å². The van der Waals surface area contributed by atoms with Crippen molar-refractivity contribution in [1.29, 1.82) is 0 Å². The van der Waals surface area contributed by atoms with Crippen molar-refractivity contribution in [3.63, 3.8) is 0 Å². The second-order valence-corrected chi connectivity index (χ2v) is 4.24. The number of carboxylic acid groups (broad SMARTS) is 1. The Morgan fingerprint density at radius 3 is 2.79 bits per heavy atom. The first-order chi connectivity index (χ1) is 6.76. The van der Waals surface area contributed by atoms with Gasteiger partial charge >= 0.3 is 5.97 Å². The highest BCUT2D eigenvalue weighted by molar-refractivity contribution is 5.78. The van der Waals surface area contributed by atoms with Crippen LogP contribution in [-0.4, -0.2) is 41.3 Å². The molecular weight excluding hydrogens is 180 g/mol. The number of nitrogens with one attached hydrogen (secondary N) is 1. The molecular formula is C10H18N2O2. The number of nitrogens with zero attached hydrogens (tertiary/aromatic N) is 1. The molecule has 2 aliphatic heterocycles. The maximum Gasteiger partial charge on any atom is 0.339 e. The molecule has 1 unspecified atom stereocenters. The number of carboxylic acids is 1.